The number of benzene rings is 1. The van der Waals surface area contributed by atoms with Gasteiger partial charge in [0.15, 0.2) is 0 Å². The van der Waals surface area contributed by atoms with Crippen molar-refractivity contribution in [3.05, 3.63) is 29.8 Å². The average molecular weight is 254 g/mol. The van der Waals surface area contributed by atoms with E-state index in [0.29, 0.717) is 25.4 Å². The highest BCUT2D eigenvalue weighted by molar-refractivity contribution is 5.78. The van der Waals surface area contributed by atoms with Crippen LogP contribution in [0.2, 0.25) is 0 Å². The van der Waals surface area contributed by atoms with Crippen molar-refractivity contribution in [2.75, 3.05) is 20.1 Å². The fourth-order valence-corrected chi connectivity index (χ4v) is 1.69. The van der Waals surface area contributed by atoms with Gasteiger partial charge in [-0.2, -0.15) is 0 Å². The Hall–Kier alpha value is -1.42. The molecule has 0 aliphatic carbocycles. The molecule has 0 amide bonds. The maximum atomic E-state index is 12.1. The van der Waals surface area contributed by atoms with Crippen molar-refractivity contribution >= 4 is 5.78 Å². The number of ether oxygens (including phenoxy) is 2. The topological polar surface area (TPSA) is 35.5 Å². The van der Waals surface area contributed by atoms with E-state index in [9.17, 15) is 9.18 Å². The summed E-state index contributed by atoms with van der Waals surface area (Å²) < 4.78 is 22.2. The molecular weight excluding hydrogens is 235 g/mol. The van der Waals surface area contributed by atoms with Gasteiger partial charge in [0.2, 0.25) is 6.86 Å². The first-order valence-electron chi connectivity index (χ1n) is 6.03. The van der Waals surface area contributed by atoms with Crippen LogP contribution in [0.15, 0.2) is 24.3 Å². The summed E-state index contributed by atoms with van der Waals surface area (Å²) in [5.41, 5.74) is 0.945. The SMILES string of the molecule is CCOCC(Cc1cccc(OCF)c1)C(C)=O. The number of rotatable bonds is 8. The highest BCUT2D eigenvalue weighted by atomic mass is 19.1. The summed E-state index contributed by atoms with van der Waals surface area (Å²) in [5, 5.41) is 0. The van der Waals surface area contributed by atoms with E-state index < -0.39 is 6.86 Å². The molecule has 0 N–H and O–H groups in total. The standard InChI is InChI=1S/C14H19FO3/c1-3-17-9-13(11(2)16)7-12-5-4-6-14(8-12)18-10-15/h4-6,8,13H,3,7,9-10H2,1-2H3. The van der Waals surface area contributed by atoms with Gasteiger partial charge < -0.3 is 9.47 Å². The monoisotopic (exact) mass is 254 g/mol. The first-order chi connectivity index (χ1) is 8.67. The van der Waals surface area contributed by atoms with Crippen LogP contribution in [0.1, 0.15) is 19.4 Å². The molecule has 0 aromatic heterocycles. The van der Waals surface area contributed by atoms with Crippen molar-refractivity contribution in [1.82, 2.24) is 0 Å². The summed E-state index contributed by atoms with van der Waals surface area (Å²) in [5.74, 6) is 0.416. The maximum Gasteiger partial charge on any atom is 0.228 e. The first-order valence-corrected chi connectivity index (χ1v) is 6.03. The molecule has 0 fully saturated rings. The van der Waals surface area contributed by atoms with Crippen LogP contribution in [-0.2, 0) is 16.0 Å². The van der Waals surface area contributed by atoms with Crippen molar-refractivity contribution in [3.8, 4) is 5.75 Å². The number of hydrogen-bond acceptors (Lipinski definition) is 3. The van der Waals surface area contributed by atoms with Crippen molar-refractivity contribution in [3.63, 3.8) is 0 Å². The molecular formula is C14H19FO3. The van der Waals surface area contributed by atoms with Crippen LogP contribution in [0.3, 0.4) is 0 Å². The van der Waals surface area contributed by atoms with Gasteiger partial charge in [-0.3, -0.25) is 4.79 Å². The van der Waals surface area contributed by atoms with Gasteiger partial charge in [-0.05, 0) is 38.0 Å². The number of Topliss-reactive ketones (excluding diaryl/α,β-unsaturated/α-hetero) is 1. The van der Waals surface area contributed by atoms with E-state index in [1.807, 2.05) is 13.0 Å². The Labute approximate surface area is 107 Å². The minimum absolute atomic E-state index is 0.0975. The van der Waals surface area contributed by atoms with Crippen LogP contribution in [-0.4, -0.2) is 25.9 Å². The van der Waals surface area contributed by atoms with E-state index in [2.05, 4.69) is 0 Å². The molecule has 1 atom stereocenters. The number of alkyl halides is 1. The van der Waals surface area contributed by atoms with E-state index in [1.165, 1.54) is 0 Å². The third kappa shape index (κ3) is 4.84. The molecule has 100 valence electrons. The van der Waals surface area contributed by atoms with E-state index in [4.69, 9.17) is 9.47 Å². The van der Waals surface area contributed by atoms with Gasteiger partial charge in [-0.15, -0.1) is 0 Å². The van der Waals surface area contributed by atoms with E-state index >= 15 is 0 Å². The fourth-order valence-electron chi connectivity index (χ4n) is 1.69. The molecule has 1 rings (SSSR count). The lowest BCUT2D eigenvalue weighted by Gasteiger charge is -2.14. The zero-order chi connectivity index (χ0) is 13.4. The molecule has 0 heterocycles. The highest BCUT2D eigenvalue weighted by Gasteiger charge is 2.15. The lowest BCUT2D eigenvalue weighted by atomic mass is 9.96. The summed E-state index contributed by atoms with van der Waals surface area (Å²) in [6.07, 6.45) is 0.582. The average Bonchev–Trinajstić information content (AvgIpc) is 2.35. The predicted molar refractivity (Wildman–Crippen MR) is 67.4 cm³/mol. The van der Waals surface area contributed by atoms with Gasteiger partial charge in [0.1, 0.15) is 11.5 Å². The minimum Gasteiger partial charge on any atom is -0.463 e. The van der Waals surface area contributed by atoms with Crippen LogP contribution in [0.5, 0.6) is 5.75 Å². The van der Waals surface area contributed by atoms with E-state index in [-0.39, 0.29) is 11.7 Å². The molecule has 4 heteroatoms. The van der Waals surface area contributed by atoms with Crippen LogP contribution in [0, 0.1) is 5.92 Å². The van der Waals surface area contributed by atoms with Crippen molar-refractivity contribution in [2.24, 2.45) is 5.92 Å². The van der Waals surface area contributed by atoms with Crippen molar-refractivity contribution < 1.29 is 18.7 Å². The molecule has 0 bridgehead atoms. The summed E-state index contributed by atoms with van der Waals surface area (Å²) >= 11 is 0. The van der Waals surface area contributed by atoms with Crippen LogP contribution in [0.25, 0.3) is 0 Å². The zero-order valence-corrected chi connectivity index (χ0v) is 10.8. The van der Waals surface area contributed by atoms with Gasteiger partial charge in [0.25, 0.3) is 0 Å². The summed E-state index contributed by atoms with van der Waals surface area (Å²) in [6.45, 7) is 3.62. The zero-order valence-electron chi connectivity index (χ0n) is 10.8. The normalized spacial score (nSPS) is 12.2. The number of ketones is 1. The van der Waals surface area contributed by atoms with Gasteiger partial charge in [0, 0.05) is 12.5 Å². The number of carbonyl (C=O) groups is 1. The van der Waals surface area contributed by atoms with Crippen LogP contribution in [0.4, 0.5) is 4.39 Å². The van der Waals surface area contributed by atoms with E-state index in [0.717, 1.165) is 5.56 Å². The molecule has 0 radical (unpaired) electrons. The first kappa shape index (κ1) is 14.6. The Morgan fingerprint density at radius 3 is 2.83 bits per heavy atom. The lowest BCUT2D eigenvalue weighted by molar-refractivity contribution is -0.122. The quantitative estimate of drug-likeness (QED) is 0.715. The molecule has 1 aromatic rings. The van der Waals surface area contributed by atoms with Gasteiger partial charge in [0.05, 0.1) is 6.61 Å². The summed E-state index contributed by atoms with van der Waals surface area (Å²) in [4.78, 5) is 11.5. The largest absolute Gasteiger partial charge is 0.463 e. The Kier molecular flexibility index (Phi) is 6.36. The second-order valence-corrected chi connectivity index (χ2v) is 4.07. The maximum absolute atomic E-state index is 12.1. The summed E-state index contributed by atoms with van der Waals surface area (Å²) in [6, 6.07) is 7.13. The molecule has 1 unspecified atom stereocenters. The number of halogens is 1. The van der Waals surface area contributed by atoms with Crippen LogP contribution >= 0.6 is 0 Å². The second kappa shape index (κ2) is 7.82. The Balaban J connectivity index is 2.67. The Morgan fingerprint density at radius 1 is 1.44 bits per heavy atom. The molecule has 1 aromatic carbocycles. The number of carbonyl (C=O) groups excluding carboxylic acids is 1. The molecule has 18 heavy (non-hydrogen) atoms. The highest BCUT2D eigenvalue weighted by Crippen LogP contribution is 2.17. The molecule has 0 saturated heterocycles. The van der Waals surface area contributed by atoms with Crippen molar-refractivity contribution in [1.29, 1.82) is 0 Å². The number of hydrogen-bond donors (Lipinski definition) is 0. The van der Waals surface area contributed by atoms with Gasteiger partial charge in [-0.25, -0.2) is 4.39 Å². The molecule has 3 nitrogen and oxygen atoms in total. The van der Waals surface area contributed by atoms with Gasteiger partial charge >= 0.3 is 0 Å². The molecule has 0 saturated carbocycles. The van der Waals surface area contributed by atoms with Gasteiger partial charge in [-0.1, -0.05) is 12.1 Å². The Bertz CT molecular complexity index is 379. The third-order valence-corrected chi connectivity index (χ3v) is 2.70. The van der Waals surface area contributed by atoms with Crippen molar-refractivity contribution in [2.45, 2.75) is 20.3 Å². The van der Waals surface area contributed by atoms with Crippen LogP contribution < -0.4 is 4.74 Å². The molecule has 0 aliphatic rings. The Morgan fingerprint density at radius 2 is 2.22 bits per heavy atom. The lowest BCUT2D eigenvalue weighted by Crippen LogP contribution is -2.20. The molecule has 0 spiro atoms. The summed E-state index contributed by atoms with van der Waals surface area (Å²) in [7, 11) is 0. The second-order valence-electron chi connectivity index (χ2n) is 4.07. The predicted octanol–water partition coefficient (Wildman–Crippen LogP) is 2.78. The van der Waals surface area contributed by atoms with E-state index in [1.54, 1.807) is 25.1 Å². The smallest absolute Gasteiger partial charge is 0.228 e. The third-order valence-electron chi connectivity index (χ3n) is 2.70. The minimum atomic E-state index is -0.849. The molecule has 0 aliphatic heterocycles. The fraction of sp³-hybridized carbons (Fsp3) is 0.500.